The number of rotatable bonds is 0. The van der Waals surface area contributed by atoms with Crippen LogP contribution in [0.15, 0.2) is 24.3 Å². The van der Waals surface area contributed by atoms with Crippen molar-refractivity contribution in [2.75, 3.05) is 6.54 Å². The highest BCUT2D eigenvalue weighted by Crippen LogP contribution is 2.38. The predicted octanol–water partition coefficient (Wildman–Crippen LogP) is 3.15. The summed E-state index contributed by atoms with van der Waals surface area (Å²) in [5.41, 5.74) is 2.20. The van der Waals surface area contributed by atoms with Crippen molar-refractivity contribution in [3.63, 3.8) is 0 Å². The fourth-order valence-electron chi connectivity index (χ4n) is 2.99. The lowest BCUT2D eigenvalue weighted by molar-refractivity contribution is 0.0701. The molecule has 3 rings (SSSR count). The van der Waals surface area contributed by atoms with Crippen LogP contribution in [0.1, 0.15) is 54.1 Å². The fraction of sp³-hybridized carbons (Fsp3) is 0.500. The number of fused-ring (bicyclic) bond motifs is 3. The third-order valence-electron chi connectivity index (χ3n) is 3.81. The normalized spacial score (nSPS) is 24.6. The summed E-state index contributed by atoms with van der Waals surface area (Å²) in [4.78, 5) is 14.3. The van der Waals surface area contributed by atoms with E-state index in [1.165, 1.54) is 24.8 Å². The summed E-state index contributed by atoms with van der Waals surface area (Å²) in [6.45, 7) is 0.943. The molecule has 1 aromatic rings. The first kappa shape index (κ1) is 9.88. The summed E-state index contributed by atoms with van der Waals surface area (Å²) in [6.07, 6.45) is 6.15. The lowest BCUT2D eigenvalue weighted by atomic mass is 9.98. The molecule has 84 valence electrons. The van der Waals surface area contributed by atoms with Gasteiger partial charge in [-0.25, -0.2) is 0 Å². The first-order valence-corrected chi connectivity index (χ1v) is 6.28. The van der Waals surface area contributed by atoms with Gasteiger partial charge < -0.3 is 4.90 Å². The Labute approximate surface area is 96.3 Å². The van der Waals surface area contributed by atoms with Crippen LogP contribution in [-0.4, -0.2) is 17.4 Å². The van der Waals surface area contributed by atoms with Crippen LogP contribution in [0, 0.1) is 0 Å². The molecule has 0 aliphatic carbocycles. The molecule has 1 aromatic carbocycles. The van der Waals surface area contributed by atoms with Gasteiger partial charge in [0.2, 0.25) is 0 Å². The van der Waals surface area contributed by atoms with E-state index >= 15 is 0 Å². The molecule has 0 spiro atoms. The van der Waals surface area contributed by atoms with Crippen LogP contribution in [0.3, 0.4) is 0 Å². The molecule has 1 atom stereocenters. The quantitative estimate of drug-likeness (QED) is 0.651. The molecule has 2 aliphatic rings. The highest BCUT2D eigenvalue weighted by Gasteiger charge is 2.35. The third kappa shape index (κ3) is 1.44. The molecule has 2 aliphatic heterocycles. The van der Waals surface area contributed by atoms with Gasteiger partial charge in [0.25, 0.3) is 5.91 Å². The Morgan fingerprint density at radius 1 is 1.06 bits per heavy atom. The van der Waals surface area contributed by atoms with E-state index in [-0.39, 0.29) is 5.91 Å². The Morgan fingerprint density at radius 2 is 1.88 bits per heavy atom. The van der Waals surface area contributed by atoms with Crippen molar-refractivity contribution >= 4 is 5.91 Å². The summed E-state index contributed by atoms with van der Waals surface area (Å²) >= 11 is 0. The van der Waals surface area contributed by atoms with Crippen molar-refractivity contribution in [3.05, 3.63) is 35.4 Å². The van der Waals surface area contributed by atoms with E-state index in [1.54, 1.807) is 0 Å². The number of hydrogen-bond acceptors (Lipinski definition) is 1. The first-order chi connectivity index (χ1) is 7.88. The molecule has 0 aromatic heterocycles. The molecular formula is C14H17NO. The monoisotopic (exact) mass is 215 g/mol. The van der Waals surface area contributed by atoms with Crippen LogP contribution in [0.5, 0.6) is 0 Å². The van der Waals surface area contributed by atoms with Gasteiger partial charge in [0.05, 0.1) is 6.04 Å². The molecule has 0 bridgehead atoms. The number of nitrogens with zero attached hydrogens (tertiary/aromatic N) is 1. The van der Waals surface area contributed by atoms with E-state index < -0.39 is 0 Å². The van der Waals surface area contributed by atoms with Crippen molar-refractivity contribution < 1.29 is 4.79 Å². The van der Waals surface area contributed by atoms with Crippen molar-refractivity contribution in [2.24, 2.45) is 0 Å². The molecule has 2 nitrogen and oxygen atoms in total. The summed E-state index contributed by atoms with van der Waals surface area (Å²) in [5, 5.41) is 0. The lowest BCUT2D eigenvalue weighted by Crippen LogP contribution is -2.30. The lowest BCUT2D eigenvalue weighted by Gasteiger charge is -2.27. The van der Waals surface area contributed by atoms with Crippen LogP contribution >= 0.6 is 0 Å². The molecule has 16 heavy (non-hydrogen) atoms. The molecule has 1 saturated heterocycles. The Morgan fingerprint density at radius 3 is 2.81 bits per heavy atom. The van der Waals surface area contributed by atoms with Gasteiger partial charge in [0.15, 0.2) is 0 Å². The molecule has 2 heteroatoms. The second-order valence-corrected chi connectivity index (χ2v) is 4.80. The van der Waals surface area contributed by atoms with Gasteiger partial charge in [-0.3, -0.25) is 4.79 Å². The maximum Gasteiger partial charge on any atom is 0.254 e. The van der Waals surface area contributed by atoms with E-state index in [4.69, 9.17) is 0 Å². The maximum atomic E-state index is 12.2. The number of hydrogen-bond donors (Lipinski definition) is 0. The predicted molar refractivity (Wildman–Crippen MR) is 63.3 cm³/mol. The van der Waals surface area contributed by atoms with E-state index in [2.05, 4.69) is 11.0 Å². The third-order valence-corrected chi connectivity index (χ3v) is 3.81. The van der Waals surface area contributed by atoms with Crippen LogP contribution < -0.4 is 0 Å². The van der Waals surface area contributed by atoms with E-state index in [9.17, 15) is 4.79 Å². The molecule has 1 fully saturated rings. The zero-order valence-corrected chi connectivity index (χ0v) is 9.48. The molecule has 1 amide bonds. The zero-order chi connectivity index (χ0) is 11.0. The highest BCUT2D eigenvalue weighted by atomic mass is 16.2. The average Bonchev–Trinajstić information content (AvgIpc) is 2.52. The summed E-state index contributed by atoms with van der Waals surface area (Å²) in [6, 6.07) is 8.48. The number of benzene rings is 1. The summed E-state index contributed by atoms with van der Waals surface area (Å²) in [5.74, 6) is 0.252. The number of carbonyl (C=O) groups excluding carboxylic acids is 1. The Balaban J connectivity index is 1.99. The molecule has 0 radical (unpaired) electrons. The van der Waals surface area contributed by atoms with Crippen molar-refractivity contribution in [3.8, 4) is 0 Å². The van der Waals surface area contributed by atoms with Gasteiger partial charge in [-0.1, -0.05) is 37.5 Å². The highest BCUT2D eigenvalue weighted by molar-refractivity contribution is 5.99. The molecule has 0 N–H and O–H groups in total. The summed E-state index contributed by atoms with van der Waals surface area (Å²) < 4.78 is 0. The zero-order valence-electron chi connectivity index (χ0n) is 9.48. The van der Waals surface area contributed by atoms with Gasteiger partial charge >= 0.3 is 0 Å². The smallest absolute Gasteiger partial charge is 0.254 e. The van der Waals surface area contributed by atoms with Gasteiger partial charge in [0.1, 0.15) is 0 Å². The topological polar surface area (TPSA) is 20.3 Å². The maximum absolute atomic E-state index is 12.2. The van der Waals surface area contributed by atoms with Crippen LogP contribution in [0.25, 0.3) is 0 Å². The average molecular weight is 215 g/mol. The largest absolute Gasteiger partial charge is 0.332 e. The number of carbonyl (C=O) groups is 1. The Bertz CT molecular complexity index is 413. The number of amides is 1. The molecule has 2 heterocycles. The van der Waals surface area contributed by atoms with E-state index in [1.807, 2.05) is 18.2 Å². The molecule has 0 saturated carbocycles. The second kappa shape index (κ2) is 3.93. The summed E-state index contributed by atoms with van der Waals surface area (Å²) in [7, 11) is 0. The minimum atomic E-state index is 0.252. The van der Waals surface area contributed by atoms with Crippen molar-refractivity contribution in [1.82, 2.24) is 4.90 Å². The van der Waals surface area contributed by atoms with Crippen LogP contribution in [-0.2, 0) is 0 Å². The van der Waals surface area contributed by atoms with E-state index in [0.717, 1.165) is 24.9 Å². The second-order valence-electron chi connectivity index (χ2n) is 4.80. The van der Waals surface area contributed by atoms with Crippen molar-refractivity contribution in [2.45, 2.75) is 38.1 Å². The standard InChI is InChI=1S/C14H17NO/c16-14-12-8-5-4-7-11(12)13-9-3-1-2-6-10-15(13)14/h4-5,7-8,13H,1-3,6,9-10H2. The minimum Gasteiger partial charge on any atom is -0.332 e. The van der Waals surface area contributed by atoms with Gasteiger partial charge in [-0.05, 0) is 24.5 Å². The Hall–Kier alpha value is -1.31. The van der Waals surface area contributed by atoms with Gasteiger partial charge in [0, 0.05) is 12.1 Å². The first-order valence-electron chi connectivity index (χ1n) is 6.28. The Kier molecular flexibility index (Phi) is 2.43. The van der Waals surface area contributed by atoms with Gasteiger partial charge in [-0.15, -0.1) is 0 Å². The minimum absolute atomic E-state index is 0.252. The van der Waals surface area contributed by atoms with Gasteiger partial charge in [-0.2, -0.15) is 0 Å². The molecular weight excluding hydrogens is 198 g/mol. The van der Waals surface area contributed by atoms with Crippen LogP contribution in [0.4, 0.5) is 0 Å². The van der Waals surface area contributed by atoms with E-state index in [0.29, 0.717) is 6.04 Å². The SMILES string of the molecule is O=C1c2ccccc2C2CCCCCCN12. The van der Waals surface area contributed by atoms with Crippen molar-refractivity contribution in [1.29, 1.82) is 0 Å². The van der Waals surface area contributed by atoms with Crippen LogP contribution in [0.2, 0.25) is 0 Å². The molecule has 1 unspecified atom stereocenters. The fourth-order valence-corrected chi connectivity index (χ4v) is 2.99.